The third-order valence-corrected chi connectivity index (χ3v) is 3.63. The Labute approximate surface area is 125 Å². The molecule has 0 aliphatic carbocycles. The van der Waals surface area contributed by atoms with Crippen LogP contribution in [0.1, 0.15) is 5.56 Å². The predicted molar refractivity (Wildman–Crippen MR) is 79.5 cm³/mol. The van der Waals surface area contributed by atoms with E-state index in [-0.39, 0.29) is 5.69 Å². The molecule has 0 N–H and O–H groups in total. The Morgan fingerprint density at radius 2 is 2.05 bits per heavy atom. The average molecular weight is 312 g/mol. The lowest BCUT2D eigenvalue weighted by Crippen LogP contribution is -2.17. The van der Waals surface area contributed by atoms with E-state index in [4.69, 9.17) is 23.2 Å². The summed E-state index contributed by atoms with van der Waals surface area (Å²) in [5.74, 6) is 0.617. The van der Waals surface area contributed by atoms with Gasteiger partial charge < -0.3 is 4.90 Å². The molecule has 1 aromatic carbocycles. The predicted octanol–water partition coefficient (Wildman–Crippen LogP) is 3.93. The normalized spacial score (nSPS) is 10.3. The fraction of sp³-hybridized carbons (Fsp3) is 0.154. The number of nitrogens with zero attached hydrogens (tertiary/aromatic N) is 3. The molecule has 0 bridgehead atoms. The molecule has 1 heterocycles. The largest absolute Gasteiger partial charge is 0.355 e. The van der Waals surface area contributed by atoms with Crippen LogP contribution < -0.4 is 4.90 Å². The van der Waals surface area contributed by atoms with Crippen molar-refractivity contribution in [2.24, 2.45) is 0 Å². The first-order valence-corrected chi connectivity index (χ1v) is 6.49. The standard InChI is InChI=1S/C13H11Cl2N3O2/c1-17(8-9-3-2-4-11(14)13(9)15)12-6-5-10(7-16-12)18(19)20/h2-7H,8H2,1H3. The highest BCUT2D eigenvalue weighted by Gasteiger charge is 2.11. The Bertz CT molecular complexity index is 632. The van der Waals surface area contributed by atoms with Gasteiger partial charge in [0.25, 0.3) is 5.69 Å². The first-order chi connectivity index (χ1) is 9.49. The molecule has 0 fully saturated rings. The van der Waals surface area contributed by atoms with Crippen molar-refractivity contribution >= 4 is 34.7 Å². The van der Waals surface area contributed by atoms with Gasteiger partial charge >= 0.3 is 0 Å². The third kappa shape index (κ3) is 3.18. The van der Waals surface area contributed by atoms with Crippen LogP contribution in [0.15, 0.2) is 36.5 Å². The molecule has 0 saturated carbocycles. The van der Waals surface area contributed by atoms with Crippen LogP contribution in [0.4, 0.5) is 11.5 Å². The first-order valence-electron chi connectivity index (χ1n) is 5.73. The number of rotatable bonds is 4. The Kier molecular flexibility index (Phi) is 4.42. The second-order valence-electron chi connectivity index (χ2n) is 4.20. The monoisotopic (exact) mass is 311 g/mol. The lowest BCUT2D eigenvalue weighted by molar-refractivity contribution is -0.385. The van der Waals surface area contributed by atoms with Gasteiger partial charge in [0.1, 0.15) is 12.0 Å². The van der Waals surface area contributed by atoms with Crippen molar-refractivity contribution in [1.82, 2.24) is 4.98 Å². The van der Waals surface area contributed by atoms with Gasteiger partial charge in [0.15, 0.2) is 0 Å². The topological polar surface area (TPSA) is 59.3 Å². The van der Waals surface area contributed by atoms with Crippen molar-refractivity contribution < 1.29 is 4.92 Å². The molecule has 2 rings (SSSR count). The minimum Gasteiger partial charge on any atom is -0.355 e. The maximum atomic E-state index is 10.6. The van der Waals surface area contributed by atoms with Crippen LogP contribution in [0.2, 0.25) is 10.0 Å². The summed E-state index contributed by atoms with van der Waals surface area (Å²) in [6.45, 7) is 0.504. The lowest BCUT2D eigenvalue weighted by Gasteiger charge is -2.18. The zero-order valence-corrected chi connectivity index (χ0v) is 12.1. The molecule has 2 aromatic rings. The van der Waals surface area contributed by atoms with Gasteiger partial charge in [0.2, 0.25) is 0 Å². The van der Waals surface area contributed by atoms with Gasteiger partial charge in [-0.2, -0.15) is 0 Å². The summed E-state index contributed by atoms with van der Waals surface area (Å²) in [7, 11) is 1.82. The van der Waals surface area contributed by atoms with Gasteiger partial charge in [-0.3, -0.25) is 10.1 Å². The lowest BCUT2D eigenvalue weighted by atomic mass is 10.2. The number of nitro groups is 1. The number of benzene rings is 1. The molecule has 0 spiro atoms. The summed E-state index contributed by atoms with van der Waals surface area (Å²) in [4.78, 5) is 16.0. The third-order valence-electron chi connectivity index (χ3n) is 2.77. The van der Waals surface area contributed by atoms with Gasteiger partial charge in [-0.05, 0) is 17.7 Å². The Balaban J connectivity index is 2.17. The average Bonchev–Trinajstić information content (AvgIpc) is 2.44. The van der Waals surface area contributed by atoms with Gasteiger partial charge in [-0.25, -0.2) is 4.98 Å². The van der Waals surface area contributed by atoms with Crippen molar-refractivity contribution in [3.63, 3.8) is 0 Å². The zero-order valence-electron chi connectivity index (χ0n) is 10.6. The fourth-order valence-corrected chi connectivity index (χ4v) is 2.10. The molecule has 0 amide bonds. The second-order valence-corrected chi connectivity index (χ2v) is 4.99. The highest BCUT2D eigenvalue weighted by molar-refractivity contribution is 6.42. The van der Waals surface area contributed by atoms with E-state index in [1.807, 2.05) is 24.1 Å². The van der Waals surface area contributed by atoms with E-state index in [9.17, 15) is 10.1 Å². The van der Waals surface area contributed by atoms with E-state index >= 15 is 0 Å². The number of hydrogen-bond acceptors (Lipinski definition) is 4. The van der Waals surface area contributed by atoms with Crippen molar-refractivity contribution in [1.29, 1.82) is 0 Å². The van der Waals surface area contributed by atoms with Gasteiger partial charge in [-0.15, -0.1) is 0 Å². The summed E-state index contributed by atoms with van der Waals surface area (Å²) < 4.78 is 0. The second kappa shape index (κ2) is 6.07. The van der Waals surface area contributed by atoms with Gasteiger partial charge in [0.05, 0.1) is 15.0 Å². The van der Waals surface area contributed by atoms with E-state index < -0.39 is 4.92 Å². The fourth-order valence-electron chi connectivity index (χ4n) is 1.72. The highest BCUT2D eigenvalue weighted by Crippen LogP contribution is 2.27. The van der Waals surface area contributed by atoms with Crippen LogP contribution in [-0.2, 0) is 6.54 Å². The first kappa shape index (κ1) is 14.6. The zero-order chi connectivity index (χ0) is 14.7. The van der Waals surface area contributed by atoms with E-state index in [1.54, 1.807) is 12.1 Å². The number of aromatic nitrogens is 1. The molecule has 1 aromatic heterocycles. The van der Waals surface area contributed by atoms with Crippen LogP contribution in [0.5, 0.6) is 0 Å². The van der Waals surface area contributed by atoms with Crippen LogP contribution in [0.3, 0.4) is 0 Å². The van der Waals surface area contributed by atoms with Crippen LogP contribution in [0, 0.1) is 10.1 Å². The van der Waals surface area contributed by atoms with Crippen molar-refractivity contribution in [3.8, 4) is 0 Å². The summed E-state index contributed by atoms with van der Waals surface area (Å²) in [5, 5.41) is 11.6. The van der Waals surface area contributed by atoms with Crippen LogP contribution in [0.25, 0.3) is 0 Å². The molecular weight excluding hydrogens is 301 g/mol. The Hall–Kier alpha value is -1.85. The summed E-state index contributed by atoms with van der Waals surface area (Å²) >= 11 is 12.1. The molecular formula is C13H11Cl2N3O2. The Morgan fingerprint density at radius 1 is 1.30 bits per heavy atom. The molecule has 104 valence electrons. The van der Waals surface area contributed by atoms with E-state index in [0.29, 0.717) is 22.4 Å². The van der Waals surface area contributed by atoms with Crippen LogP contribution >= 0.6 is 23.2 Å². The van der Waals surface area contributed by atoms with Crippen molar-refractivity contribution in [3.05, 3.63) is 62.3 Å². The maximum Gasteiger partial charge on any atom is 0.287 e. The molecule has 0 aliphatic rings. The Morgan fingerprint density at radius 3 is 2.65 bits per heavy atom. The maximum absolute atomic E-state index is 10.6. The number of halogens is 2. The number of hydrogen-bond donors (Lipinski definition) is 0. The van der Waals surface area contributed by atoms with E-state index in [0.717, 1.165) is 5.56 Å². The number of anilines is 1. The minimum absolute atomic E-state index is 0.0389. The van der Waals surface area contributed by atoms with Crippen molar-refractivity contribution in [2.45, 2.75) is 6.54 Å². The molecule has 7 heteroatoms. The SMILES string of the molecule is CN(Cc1cccc(Cl)c1Cl)c1ccc([N+](=O)[O-])cn1. The number of pyridine rings is 1. The molecule has 5 nitrogen and oxygen atoms in total. The summed E-state index contributed by atoms with van der Waals surface area (Å²) in [6, 6.07) is 8.42. The molecule has 0 aliphatic heterocycles. The van der Waals surface area contributed by atoms with Gasteiger partial charge in [0, 0.05) is 19.7 Å². The van der Waals surface area contributed by atoms with E-state index in [2.05, 4.69) is 4.98 Å². The molecule has 0 saturated heterocycles. The van der Waals surface area contributed by atoms with Gasteiger partial charge in [-0.1, -0.05) is 35.3 Å². The smallest absolute Gasteiger partial charge is 0.287 e. The molecule has 0 radical (unpaired) electrons. The molecule has 0 atom stereocenters. The molecule has 20 heavy (non-hydrogen) atoms. The summed E-state index contributed by atoms with van der Waals surface area (Å²) in [6.07, 6.45) is 1.23. The summed E-state index contributed by atoms with van der Waals surface area (Å²) in [5.41, 5.74) is 0.824. The minimum atomic E-state index is -0.482. The van der Waals surface area contributed by atoms with Crippen molar-refractivity contribution in [2.75, 3.05) is 11.9 Å². The quantitative estimate of drug-likeness (QED) is 0.634. The van der Waals surface area contributed by atoms with Crippen LogP contribution in [-0.4, -0.2) is 17.0 Å². The van der Waals surface area contributed by atoms with E-state index in [1.165, 1.54) is 12.3 Å². The molecule has 0 unspecified atom stereocenters. The highest BCUT2D eigenvalue weighted by atomic mass is 35.5.